The number of nitrogens with zero attached hydrogens (tertiary/aromatic N) is 4. The quantitative estimate of drug-likeness (QED) is 0.716. The molecule has 1 fully saturated rings. The van der Waals surface area contributed by atoms with Gasteiger partial charge in [-0.2, -0.15) is 0 Å². The molecule has 0 bridgehead atoms. The van der Waals surface area contributed by atoms with Gasteiger partial charge in [0.2, 0.25) is 0 Å². The smallest absolute Gasteiger partial charge is 0.165 e. The number of hydrogen-bond donors (Lipinski definition) is 0. The number of aromatic nitrogens is 3. The molecule has 0 aliphatic carbocycles. The molecule has 3 aromatic rings. The molecule has 1 aromatic carbocycles. The molecule has 0 atom stereocenters. The molecule has 0 N–H and O–H groups in total. The monoisotopic (exact) mass is 324 g/mol. The highest BCUT2D eigenvalue weighted by Gasteiger charge is 2.35. The van der Waals surface area contributed by atoms with Crippen LogP contribution in [0.25, 0.3) is 11.0 Å². The van der Waals surface area contributed by atoms with E-state index in [-0.39, 0.29) is 17.3 Å². The average Bonchev–Trinajstić information content (AvgIpc) is 2.88. The maximum atomic E-state index is 13.9. The van der Waals surface area contributed by atoms with Crippen LogP contribution in [0.5, 0.6) is 0 Å². The molecule has 124 valence electrons. The van der Waals surface area contributed by atoms with Crippen molar-refractivity contribution in [1.29, 1.82) is 0 Å². The molecule has 4 rings (SSSR count). The summed E-state index contributed by atoms with van der Waals surface area (Å²) in [6.45, 7) is 8.04. The Labute approximate surface area is 141 Å². The molecule has 0 spiro atoms. The van der Waals surface area contributed by atoms with Crippen LogP contribution >= 0.6 is 0 Å². The zero-order valence-electron chi connectivity index (χ0n) is 14.2. The maximum Gasteiger partial charge on any atom is 0.165 e. The third-order valence-corrected chi connectivity index (χ3v) is 4.53. The lowest BCUT2D eigenvalue weighted by atomic mass is 9.94. The summed E-state index contributed by atoms with van der Waals surface area (Å²) >= 11 is 0. The van der Waals surface area contributed by atoms with E-state index in [9.17, 15) is 4.39 Å². The zero-order valence-corrected chi connectivity index (χ0v) is 14.2. The van der Waals surface area contributed by atoms with Crippen LogP contribution in [0.3, 0.4) is 0 Å². The van der Waals surface area contributed by atoms with Crippen molar-refractivity contribution >= 4 is 16.9 Å². The van der Waals surface area contributed by atoms with E-state index in [0.717, 1.165) is 29.9 Å². The van der Waals surface area contributed by atoms with Crippen molar-refractivity contribution in [2.45, 2.75) is 32.2 Å². The number of hydrogen-bond acceptors (Lipinski definition) is 3. The molecule has 5 heteroatoms. The van der Waals surface area contributed by atoms with Crippen molar-refractivity contribution in [1.82, 2.24) is 14.5 Å². The summed E-state index contributed by atoms with van der Waals surface area (Å²) in [6, 6.07) is 11.6. The second-order valence-corrected chi connectivity index (χ2v) is 7.41. The van der Waals surface area contributed by atoms with Gasteiger partial charge in [-0.25, -0.2) is 14.4 Å². The van der Waals surface area contributed by atoms with E-state index in [1.165, 1.54) is 6.07 Å². The van der Waals surface area contributed by atoms with Crippen LogP contribution in [-0.2, 0) is 5.41 Å². The lowest BCUT2D eigenvalue weighted by molar-refractivity contribution is 0.368. The molecule has 1 aliphatic heterocycles. The fourth-order valence-electron chi connectivity index (χ4n) is 3.34. The van der Waals surface area contributed by atoms with E-state index in [4.69, 9.17) is 4.98 Å². The molecule has 24 heavy (non-hydrogen) atoms. The van der Waals surface area contributed by atoms with Crippen LogP contribution in [-0.4, -0.2) is 27.6 Å². The summed E-state index contributed by atoms with van der Waals surface area (Å²) in [5, 5.41) is 0. The van der Waals surface area contributed by atoms with E-state index in [1.807, 2.05) is 17.0 Å². The number of para-hydroxylation sites is 2. The van der Waals surface area contributed by atoms with Crippen molar-refractivity contribution in [3.8, 4) is 0 Å². The average molecular weight is 324 g/mol. The summed E-state index contributed by atoms with van der Waals surface area (Å²) in [6.07, 6.45) is 1.64. The Morgan fingerprint density at radius 3 is 2.54 bits per heavy atom. The second-order valence-electron chi connectivity index (χ2n) is 7.41. The summed E-state index contributed by atoms with van der Waals surface area (Å²) in [7, 11) is 0. The SMILES string of the molecule is CC(C)(C)c1nc2ccccc2n1C1CN(c2ncccc2F)C1. The van der Waals surface area contributed by atoms with Gasteiger partial charge in [-0.05, 0) is 24.3 Å². The topological polar surface area (TPSA) is 34.0 Å². The van der Waals surface area contributed by atoms with Crippen LogP contribution in [0.1, 0.15) is 32.6 Å². The lowest BCUT2D eigenvalue weighted by Gasteiger charge is -2.42. The Morgan fingerprint density at radius 1 is 1.08 bits per heavy atom. The molecule has 1 saturated heterocycles. The van der Waals surface area contributed by atoms with E-state index < -0.39 is 0 Å². The molecular formula is C19H21FN4. The summed E-state index contributed by atoms with van der Waals surface area (Å²) in [4.78, 5) is 11.0. The van der Waals surface area contributed by atoms with E-state index >= 15 is 0 Å². The fourth-order valence-corrected chi connectivity index (χ4v) is 3.34. The first-order chi connectivity index (χ1) is 11.4. The third kappa shape index (κ3) is 2.35. The molecule has 3 heterocycles. The fraction of sp³-hybridized carbons (Fsp3) is 0.368. The van der Waals surface area contributed by atoms with E-state index in [1.54, 1.807) is 12.3 Å². The minimum Gasteiger partial charge on any atom is -0.350 e. The highest BCUT2D eigenvalue weighted by molar-refractivity contribution is 5.76. The molecular weight excluding hydrogens is 303 g/mol. The first-order valence-corrected chi connectivity index (χ1v) is 8.28. The number of rotatable bonds is 2. The van der Waals surface area contributed by atoms with Crippen molar-refractivity contribution in [2.75, 3.05) is 18.0 Å². The predicted octanol–water partition coefficient (Wildman–Crippen LogP) is 3.93. The van der Waals surface area contributed by atoms with Crippen LogP contribution in [0, 0.1) is 5.82 Å². The normalized spacial score (nSPS) is 15.8. The van der Waals surface area contributed by atoms with Crippen molar-refractivity contribution in [3.05, 3.63) is 54.2 Å². The maximum absolute atomic E-state index is 13.9. The van der Waals surface area contributed by atoms with Crippen LogP contribution in [0.4, 0.5) is 10.2 Å². The van der Waals surface area contributed by atoms with Gasteiger partial charge < -0.3 is 9.47 Å². The molecule has 0 amide bonds. The zero-order chi connectivity index (χ0) is 16.9. The van der Waals surface area contributed by atoms with Gasteiger partial charge in [0, 0.05) is 24.7 Å². The van der Waals surface area contributed by atoms with E-state index in [0.29, 0.717) is 5.82 Å². The van der Waals surface area contributed by atoms with Gasteiger partial charge in [-0.3, -0.25) is 0 Å². The van der Waals surface area contributed by atoms with E-state index in [2.05, 4.69) is 42.5 Å². The van der Waals surface area contributed by atoms with Crippen molar-refractivity contribution in [2.24, 2.45) is 0 Å². The number of anilines is 1. The lowest BCUT2D eigenvalue weighted by Crippen LogP contribution is -2.49. The second kappa shape index (κ2) is 5.30. The Morgan fingerprint density at radius 2 is 1.83 bits per heavy atom. The summed E-state index contributed by atoms with van der Waals surface area (Å²) in [5.74, 6) is 1.26. The molecule has 0 unspecified atom stereocenters. The standard InChI is InChI=1S/C19H21FN4/c1-19(2,3)18-22-15-8-4-5-9-16(15)24(18)13-11-23(12-13)17-14(20)7-6-10-21-17/h4-10,13H,11-12H2,1-3H3. The predicted molar refractivity (Wildman–Crippen MR) is 93.9 cm³/mol. The number of benzene rings is 1. The molecule has 4 nitrogen and oxygen atoms in total. The highest BCUT2D eigenvalue weighted by atomic mass is 19.1. The van der Waals surface area contributed by atoms with Gasteiger partial charge in [0.1, 0.15) is 5.82 Å². The minimum atomic E-state index is -0.262. The van der Waals surface area contributed by atoms with Crippen molar-refractivity contribution < 1.29 is 4.39 Å². The molecule has 2 aromatic heterocycles. The summed E-state index contributed by atoms with van der Waals surface area (Å²) in [5.41, 5.74) is 2.12. The minimum absolute atomic E-state index is 0.0459. The van der Waals surface area contributed by atoms with Gasteiger partial charge in [0.25, 0.3) is 0 Å². The van der Waals surface area contributed by atoms with Crippen LogP contribution < -0.4 is 4.90 Å². The van der Waals surface area contributed by atoms with Gasteiger partial charge in [-0.1, -0.05) is 32.9 Å². The summed E-state index contributed by atoms with van der Waals surface area (Å²) < 4.78 is 16.3. The molecule has 1 aliphatic rings. The third-order valence-electron chi connectivity index (χ3n) is 4.53. The van der Waals surface area contributed by atoms with Gasteiger partial charge in [-0.15, -0.1) is 0 Å². The Kier molecular flexibility index (Phi) is 3.34. The van der Waals surface area contributed by atoms with Gasteiger partial charge >= 0.3 is 0 Å². The largest absolute Gasteiger partial charge is 0.350 e. The Balaban J connectivity index is 1.70. The van der Waals surface area contributed by atoms with Gasteiger partial charge in [0.15, 0.2) is 11.6 Å². The van der Waals surface area contributed by atoms with Gasteiger partial charge in [0.05, 0.1) is 17.1 Å². The van der Waals surface area contributed by atoms with Crippen molar-refractivity contribution in [3.63, 3.8) is 0 Å². The number of imidazole rings is 1. The van der Waals surface area contributed by atoms with Crippen LogP contribution in [0.2, 0.25) is 0 Å². The Hall–Kier alpha value is -2.43. The number of halogens is 1. The first kappa shape index (κ1) is 15.1. The Bertz CT molecular complexity index is 888. The molecule has 0 radical (unpaired) electrons. The highest BCUT2D eigenvalue weighted by Crippen LogP contribution is 2.35. The number of fused-ring (bicyclic) bond motifs is 1. The molecule has 0 saturated carbocycles. The number of pyridine rings is 1. The first-order valence-electron chi connectivity index (χ1n) is 8.28. The van der Waals surface area contributed by atoms with Crippen LogP contribution in [0.15, 0.2) is 42.6 Å².